The number of rotatable bonds is 1. The lowest BCUT2D eigenvalue weighted by atomic mass is 9.98. The van der Waals surface area contributed by atoms with Gasteiger partial charge in [-0.2, -0.15) is 0 Å². The number of aryl methyl sites for hydroxylation is 1. The summed E-state index contributed by atoms with van der Waals surface area (Å²) in [7, 11) is 0. The zero-order valence-corrected chi connectivity index (χ0v) is 12.4. The van der Waals surface area contributed by atoms with Gasteiger partial charge in [-0.3, -0.25) is 14.9 Å². The molecular formula is C15H14N4OS. The summed E-state index contributed by atoms with van der Waals surface area (Å²) < 4.78 is 0. The topological polar surface area (TPSA) is 58.1 Å². The average molecular weight is 298 g/mol. The lowest BCUT2D eigenvalue weighted by molar-refractivity contribution is 0.194. The van der Waals surface area contributed by atoms with E-state index in [1.807, 2.05) is 42.3 Å². The molecule has 2 aromatic heterocycles. The Kier molecular flexibility index (Phi) is 2.68. The summed E-state index contributed by atoms with van der Waals surface area (Å²) >= 11 is 1.74. The third kappa shape index (κ3) is 1.68. The second-order valence-electron chi connectivity index (χ2n) is 5.16. The molecule has 0 radical (unpaired) electrons. The fourth-order valence-corrected chi connectivity index (χ4v) is 4.50. The van der Waals surface area contributed by atoms with Gasteiger partial charge in [0.05, 0.1) is 11.4 Å². The Hall–Kier alpha value is -2.08. The number of carbonyl (C=O) groups is 1. The lowest BCUT2D eigenvalue weighted by Gasteiger charge is -2.41. The Bertz CT molecular complexity index is 735. The van der Waals surface area contributed by atoms with Crippen LogP contribution in [0.3, 0.4) is 0 Å². The summed E-state index contributed by atoms with van der Waals surface area (Å²) in [6.07, 6.45) is 3.54. The highest BCUT2D eigenvalue weighted by Gasteiger charge is 2.52. The normalized spacial score (nSPS) is 23.5. The summed E-state index contributed by atoms with van der Waals surface area (Å²) in [4.78, 5) is 22.7. The molecule has 0 spiro atoms. The van der Waals surface area contributed by atoms with Crippen LogP contribution in [0, 0.1) is 6.92 Å². The molecule has 21 heavy (non-hydrogen) atoms. The number of amides is 2. The molecule has 4 rings (SSSR count). The molecule has 1 fully saturated rings. The van der Waals surface area contributed by atoms with Crippen molar-refractivity contribution in [3.8, 4) is 0 Å². The maximum atomic E-state index is 12.5. The summed E-state index contributed by atoms with van der Waals surface area (Å²) in [5.74, 6) is 0.886. The van der Waals surface area contributed by atoms with Crippen molar-refractivity contribution in [3.63, 3.8) is 0 Å². The van der Waals surface area contributed by atoms with E-state index in [9.17, 15) is 4.79 Å². The second-order valence-corrected chi connectivity index (χ2v) is 6.45. The monoisotopic (exact) mass is 298 g/mol. The summed E-state index contributed by atoms with van der Waals surface area (Å²) in [5.41, 5.74) is 3.68. The highest BCUT2D eigenvalue weighted by atomic mass is 32.2. The molecule has 6 heteroatoms. The molecule has 2 amide bonds. The molecule has 4 heterocycles. The number of aromatic nitrogens is 2. The van der Waals surface area contributed by atoms with Crippen LogP contribution in [0.1, 0.15) is 17.0 Å². The number of nitrogens with zero attached hydrogens (tertiary/aromatic N) is 3. The molecule has 1 atom stereocenters. The van der Waals surface area contributed by atoms with E-state index in [-0.39, 0.29) is 6.03 Å². The van der Waals surface area contributed by atoms with Gasteiger partial charge in [-0.15, -0.1) is 11.8 Å². The zero-order chi connectivity index (χ0) is 14.4. The van der Waals surface area contributed by atoms with Crippen molar-refractivity contribution in [1.29, 1.82) is 0 Å². The van der Waals surface area contributed by atoms with Crippen LogP contribution in [-0.2, 0) is 4.87 Å². The van der Waals surface area contributed by atoms with Crippen LogP contribution in [-0.4, -0.2) is 33.2 Å². The predicted octanol–water partition coefficient (Wildman–Crippen LogP) is 2.58. The molecule has 0 saturated carbocycles. The van der Waals surface area contributed by atoms with E-state index in [4.69, 9.17) is 4.98 Å². The Morgan fingerprint density at radius 1 is 1.38 bits per heavy atom. The van der Waals surface area contributed by atoms with Crippen LogP contribution in [0.4, 0.5) is 10.5 Å². The highest BCUT2D eigenvalue weighted by Crippen LogP contribution is 2.53. The van der Waals surface area contributed by atoms with E-state index in [1.165, 1.54) is 0 Å². The van der Waals surface area contributed by atoms with Gasteiger partial charge in [-0.05, 0) is 25.1 Å². The van der Waals surface area contributed by atoms with E-state index >= 15 is 0 Å². The number of fused-ring (bicyclic) bond motifs is 3. The third-order valence-electron chi connectivity index (χ3n) is 3.91. The van der Waals surface area contributed by atoms with Gasteiger partial charge in [-0.25, -0.2) is 4.79 Å². The number of nitrogens with one attached hydrogen (secondary N) is 1. The number of anilines is 1. The SMILES string of the molecule is Cc1cccc(C23SCCN2C(=O)Nc2ccncc23)n1. The van der Waals surface area contributed by atoms with Crippen LogP contribution in [0.2, 0.25) is 0 Å². The summed E-state index contributed by atoms with van der Waals surface area (Å²) in [6.45, 7) is 2.68. The van der Waals surface area contributed by atoms with Crippen molar-refractivity contribution in [3.05, 3.63) is 53.6 Å². The number of pyridine rings is 2. The molecule has 0 bridgehead atoms. The summed E-state index contributed by atoms with van der Waals surface area (Å²) in [6, 6.07) is 7.74. The minimum absolute atomic E-state index is 0.0676. The van der Waals surface area contributed by atoms with Crippen LogP contribution in [0.5, 0.6) is 0 Å². The van der Waals surface area contributed by atoms with Crippen molar-refractivity contribution in [2.75, 3.05) is 17.6 Å². The van der Waals surface area contributed by atoms with Crippen LogP contribution < -0.4 is 5.32 Å². The number of carbonyl (C=O) groups excluding carboxylic acids is 1. The van der Waals surface area contributed by atoms with Crippen molar-refractivity contribution in [1.82, 2.24) is 14.9 Å². The average Bonchev–Trinajstić information content (AvgIpc) is 2.94. The minimum atomic E-state index is -0.558. The van der Waals surface area contributed by atoms with Gasteiger partial charge in [0.2, 0.25) is 0 Å². The molecule has 2 aromatic rings. The molecule has 5 nitrogen and oxygen atoms in total. The maximum absolute atomic E-state index is 12.5. The van der Waals surface area contributed by atoms with E-state index < -0.39 is 4.87 Å². The van der Waals surface area contributed by atoms with E-state index in [1.54, 1.807) is 18.0 Å². The Morgan fingerprint density at radius 2 is 2.29 bits per heavy atom. The lowest BCUT2D eigenvalue weighted by Crippen LogP contribution is -2.50. The third-order valence-corrected chi connectivity index (χ3v) is 5.37. The van der Waals surface area contributed by atoms with Gasteiger partial charge in [0.25, 0.3) is 0 Å². The van der Waals surface area contributed by atoms with Crippen LogP contribution in [0.15, 0.2) is 36.7 Å². The Balaban J connectivity index is 2.01. The molecule has 106 valence electrons. The van der Waals surface area contributed by atoms with Crippen molar-refractivity contribution >= 4 is 23.5 Å². The number of urea groups is 1. The first-order valence-electron chi connectivity index (χ1n) is 6.83. The highest BCUT2D eigenvalue weighted by molar-refractivity contribution is 8.00. The van der Waals surface area contributed by atoms with E-state index in [0.29, 0.717) is 6.54 Å². The van der Waals surface area contributed by atoms with Gasteiger partial charge in [-0.1, -0.05) is 6.07 Å². The standard InChI is InChI=1S/C15H14N4OS/c1-10-3-2-4-13(17-10)15-11-9-16-6-5-12(11)18-14(20)19(15)7-8-21-15/h2-6,9H,7-8H2,1H3,(H,18,20). The van der Waals surface area contributed by atoms with Gasteiger partial charge in [0, 0.05) is 35.9 Å². The fourth-order valence-electron chi connectivity index (χ4n) is 3.03. The fraction of sp³-hybridized carbons (Fsp3) is 0.267. The Morgan fingerprint density at radius 3 is 3.14 bits per heavy atom. The first-order valence-corrected chi connectivity index (χ1v) is 7.81. The first kappa shape index (κ1) is 12.6. The number of hydrogen-bond acceptors (Lipinski definition) is 4. The van der Waals surface area contributed by atoms with E-state index in [0.717, 1.165) is 28.4 Å². The quantitative estimate of drug-likeness (QED) is 0.879. The minimum Gasteiger partial charge on any atom is -0.307 e. The second kappa shape index (κ2) is 4.46. The van der Waals surface area contributed by atoms with Crippen LogP contribution in [0.25, 0.3) is 0 Å². The van der Waals surface area contributed by atoms with Crippen LogP contribution >= 0.6 is 11.8 Å². The molecular weight excluding hydrogens is 284 g/mol. The van der Waals surface area contributed by atoms with Crippen molar-refractivity contribution < 1.29 is 4.79 Å². The smallest absolute Gasteiger partial charge is 0.307 e. The van der Waals surface area contributed by atoms with Crippen molar-refractivity contribution in [2.45, 2.75) is 11.8 Å². The van der Waals surface area contributed by atoms with Gasteiger partial charge in [0.1, 0.15) is 0 Å². The molecule has 1 N–H and O–H groups in total. The molecule has 1 unspecified atom stereocenters. The molecule has 0 aliphatic carbocycles. The summed E-state index contributed by atoms with van der Waals surface area (Å²) in [5, 5.41) is 2.95. The predicted molar refractivity (Wildman–Crippen MR) is 82.2 cm³/mol. The number of hydrogen-bond donors (Lipinski definition) is 1. The Labute approximate surface area is 126 Å². The molecule has 2 aliphatic heterocycles. The molecule has 0 aromatic carbocycles. The van der Waals surface area contributed by atoms with Crippen molar-refractivity contribution in [2.24, 2.45) is 0 Å². The van der Waals surface area contributed by atoms with E-state index in [2.05, 4.69) is 10.3 Å². The zero-order valence-electron chi connectivity index (χ0n) is 11.5. The van der Waals surface area contributed by atoms with Gasteiger partial charge in [0.15, 0.2) is 4.87 Å². The first-order chi connectivity index (χ1) is 10.2. The van der Waals surface area contributed by atoms with Gasteiger partial charge >= 0.3 is 6.03 Å². The largest absolute Gasteiger partial charge is 0.323 e. The van der Waals surface area contributed by atoms with Gasteiger partial charge < -0.3 is 5.32 Å². The molecule has 2 aliphatic rings. The molecule has 1 saturated heterocycles. The maximum Gasteiger partial charge on any atom is 0.323 e. The number of thioether (sulfide) groups is 1.